The molecule has 0 bridgehead atoms. The van der Waals surface area contributed by atoms with Gasteiger partial charge >= 0.3 is 0 Å². The summed E-state index contributed by atoms with van der Waals surface area (Å²) in [6.45, 7) is 0.229. The normalized spacial score (nSPS) is 13.6. The van der Waals surface area contributed by atoms with Crippen LogP contribution in [0, 0.1) is 5.82 Å². The molecular formula is C19H15FN2O2S. The molecule has 2 aromatic carbocycles. The van der Waals surface area contributed by atoms with Crippen molar-refractivity contribution in [1.82, 2.24) is 4.57 Å². The Bertz CT molecular complexity index is 1100. The third-order valence-electron chi connectivity index (χ3n) is 4.30. The number of aliphatic imine (C=N–C) groups is 1. The second-order valence-electron chi connectivity index (χ2n) is 5.96. The Morgan fingerprint density at radius 1 is 1.04 bits per heavy atom. The summed E-state index contributed by atoms with van der Waals surface area (Å²) in [5.41, 5.74) is 3.66. The van der Waals surface area contributed by atoms with Crippen molar-refractivity contribution >= 4 is 15.5 Å². The van der Waals surface area contributed by atoms with Crippen LogP contribution in [0.1, 0.15) is 16.8 Å². The predicted molar refractivity (Wildman–Crippen MR) is 94.6 cm³/mol. The molecule has 0 spiro atoms. The number of hydrogen-bond donors (Lipinski definition) is 0. The SMILES string of the molecule is CS(=O)(=O)c1ccc(C2=NCc3c(F)cccc3-n3cccc32)cc1. The fourth-order valence-corrected chi connectivity index (χ4v) is 3.68. The maximum Gasteiger partial charge on any atom is 0.175 e. The van der Waals surface area contributed by atoms with Crippen molar-refractivity contribution in [2.24, 2.45) is 4.99 Å². The molecule has 0 N–H and O–H groups in total. The quantitative estimate of drug-likeness (QED) is 0.708. The van der Waals surface area contributed by atoms with Crippen molar-refractivity contribution in [3.63, 3.8) is 0 Å². The zero-order valence-electron chi connectivity index (χ0n) is 13.5. The van der Waals surface area contributed by atoms with Crippen LogP contribution in [0.5, 0.6) is 0 Å². The Morgan fingerprint density at radius 2 is 1.80 bits per heavy atom. The van der Waals surface area contributed by atoms with Gasteiger partial charge in [-0.2, -0.15) is 0 Å². The number of sulfone groups is 1. The Kier molecular flexibility index (Phi) is 3.58. The molecule has 0 fully saturated rings. The lowest BCUT2D eigenvalue weighted by Gasteiger charge is -2.11. The maximum absolute atomic E-state index is 14.2. The van der Waals surface area contributed by atoms with E-state index >= 15 is 0 Å². The minimum absolute atomic E-state index is 0.229. The van der Waals surface area contributed by atoms with Gasteiger partial charge in [-0.05, 0) is 36.4 Å². The first-order chi connectivity index (χ1) is 11.9. The lowest BCUT2D eigenvalue weighted by Crippen LogP contribution is -2.09. The summed E-state index contributed by atoms with van der Waals surface area (Å²) in [6, 6.07) is 15.4. The summed E-state index contributed by atoms with van der Waals surface area (Å²) in [6.07, 6.45) is 3.05. The number of benzene rings is 2. The molecule has 1 aliphatic rings. The molecule has 0 unspecified atom stereocenters. The molecule has 0 atom stereocenters. The molecule has 0 radical (unpaired) electrons. The highest BCUT2D eigenvalue weighted by Crippen LogP contribution is 2.27. The van der Waals surface area contributed by atoms with E-state index in [-0.39, 0.29) is 17.3 Å². The van der Waals surface area contributed by atoms with E-state index in [1.54, 1.807) is 30.3 Å². The van der Waals surface area contributed by atoms with E-state index in [0.717, 1.165) is 16.9 Å². The lowest BCUT2D eigenvalue weighted by molar-refractivity contribution is 0.602. The molecule has 4 nitrogen and oxygen atoms in total. The second kappa shape index (κ2) is 5.67. The van der Waals surface area contributed by atoms with Gasteiger partial charge in [0.25, 0.3) is 0 Å². The first-order valence-corrected chi connectivity index (χ1v) is 9.65. The molecule has 3 aromatic rings. The third-order valence-corrected chi connectivity index (χ3v) is 5.42. The number of fused-ring (bicyclic) bond motifs is 3. The maximum atomic E-state index is 14.2. The molecule has 2 heterocycles. The highest BCUT2D eigenvalue weighted by Gasteiger charge is 2.20. The summed E-state index contributed by atoms with van der Waals surface area (Å²) >= 11 is 0. The molecule has 1 aliphatic heterocycles. The molecule has 0 aliphatic carbocycles. The average molecular weight is 354 g/mol. The highest BCUT2D eigenvalue weighted by molar-refractivity contribution is 7.90. The van der Waals surface area contributed by atoms with Crippen LogP contribution in [0.4, 0.5) is 4.39 Å². The molecule has 0 saturated heterocycles. The van der Waals surface area contributed by atoms with Crippen molar-refractivity contribution in [2.45, 2.75) is 11.4 Å². The molecule has 25 heavy (non-hydrogen) atoms. The van der Waals surface area contributed by atoms with Gasteiger partial charge in [-0.15, -0.1) is 0 Å². The van der Waals surface area contributed by atoms with Crippen LogP contribution in [0.3, 0.4) is 0 Å². The van der Waals surface area contributed by atoms with E-state index in [4.69, 9.17) is 0 Å². The summed E-state index contributed by atoms with van der Waals surface area (Å²) in [5.74, 6) is -0.283. The van der Waals surface area contributed by atoms with Crippen LogP contribution in [-0.4, -0.2) is 25.0 Å². The Balaban J connectivity index is 1.86. The third kappa shape index (κ3) is 2.68. The van der Waals surface area contributed by atoms with Gasteiger partial charge in [0.2, 0.25) is 0 Å². The molecule has 126 valence electrons. The van der Waals surface area contributed by atoms with Gasteiger partial charge in [-0.3, -0.25) is 4.99 Å². The molecule has 1 aromatic heterocycles. The molecule has 4 rings (SSSR count). The molecular weight excluding hydrogens is 339 g/mol. The minimum Gasteiger partial charge on any atom is -0.315 e. The highest BCUT2D eigenvalue weighted by atomic mass is 32.2. The standard InChI is InChI=1S/C19H15FN2O2S/c1-25(23,24)14-9-7-13(8-10-14)19-18-6-3-11-22(18)17-5-2-4-16(20)15(17)12-21-19/h2-11H,12H2,1H3. The largest absolute Gasteiger partial charge is 0.315 e. The van der Waals surface area contributed by atoms with Gasteiger partial charge in [0, 0.05) is 23.6 Å². The van der Waals surface area contributed by atoms with Crippen molar-refractivity contribution in [3.05, 3.63) is 83.4 Å². The number of aromatic nitrogens is 1. The summed E-state index contributed by atoms with van der Waals surface area (Å²) < 4.78 is 39.4. The van der Waals surface area contributed by atoms with E-state index in [9.17, 15) is 12.8 Å². The Hall–Kier alpha value is -2.73. The molecule has 0 amide bonds. The number of halogens is 1. The van der Waals surface area contributed by atoms with Gasteiger partial charge in [0.1, 0.15) is 5.82 Å². The van der Waals surface area contributed by atoms with Crippen molar-refractivity contribution < 1.29 is 12.8 Å². The number of rotatable bonds is 2. The van der Waals surface area contributed by atoms with Crippen LogP contribution in [0.25, 0.3) is 5.69 Å². The van der Waals surface area contributed by atoms with E-state index in [1.165, 1.54) is 12.3 Å². The van der Waals surface area contributed by atoms with E-state index in [2.05, 4.69) is 4.99 Å². The van der Waals surface area contributed by atoms with E-state index in [1.807, 2.05) is 29.0 Å². The van der Waals surface area contributed by atoms with Crippen molar-refractivity contribution in [3.8, 4) is 5.69 Å². The van der Waals surface area contributed by atoms with E-state index < -0.39 is 9.84 Å². The van der Waals surface area contributed by atoms with Crippen LogP contribution in [0.15, 0.2) is 70.7 Å². The predicted octanol–water partition coefficient (Wildman–Crippen LogP) is 3.37. The van der Waals surface area contributed by atoms with Crippen LogP contribution >= 0.6 is 0 Å². The molecule has 0 saturated carbocycles. The fraction of sp³-hybridized carbons (Fsp3) is 0.105. The van der Waals surface area contributed by atoms with E-state index in [0.29, 0.717) is 11.3 Å². The monoisotopic (exact) mass is 354 g/mol. The first-order valence-electron chi connectivity index (χ1n) is 7.75. The minimum atomic E-state index is -3.25. The number of hydrogen-bond acceptors (Lipinski definition) is 3. The van der Waals surface area contributed by atoms with Crippen LogP contribution in [-0.2, 0) is 16.4 Å². The fourth-order valence-electron chi connectivity index (χ4n) is 3.05. The van der Waals surface area contributed by atoms with Gasteiger partial charge in [-0.1, -0.05) is 18.2 Å². The van der Waals surface area contributed by atoms with Crippen LogP contribution < -0.4 is 0 Å². The summed E-state index contributed by atoms with van der Waals surface area (Å²) in [7, 11) is -3.25. The second-order valence-corrected chi connectivity index (χ2v) is 7.98. The Morgan fingerprint density at radius 3 is 2.52 bits per heavy atom. The smallest absolute Gasteiger partial charge is 0.175 e. The summed E-state index contributed by atoms with van der Waals surface area (Å²) in [5, 5.41) is 0. The lowest BCUT2D eigenvalue weighted by atomic mass is 10.1. The first kappa shape index (κ1) is 15.8. The van der Waals surface area contributed by atoms with Gasteiger partial charge in [0.05, 0.1) is 28.5 Å². The topological polar surface area (TPSA) is 51.4 Å². The van der Waals surface area contributed by atoms with Gasteiger partial charge in [0.15, 0.2) is 9.84 Å². The van der Waals surface area contributed by atoms with Crippen molar-refractivity contribution in [1.29, 1.82) is 0 Å². The number of nitrogens with zero attached hydrogens (tertiary/aromatic N) is 2. The van der Waals surface area contributed by atoms with Crippen LogP contribution in [0.2, 0.25) is 0 Å². The summed E-state index contributed by atoms with van der Waals surface area (Å²) in [4.78, 5) is 4.87. The van der Waals surface area contributed by atoms with Gasteiger partial charge < -0.3 is 4.57 Å². The zero-order valence-corrected chi connectivity index (χ0v) is 14.3. The van der Waals surface area contributed by atoms with Gasteiger partial charge in [-0.25, -0.2) is 12.8 Å². The Labute approximate surface area is 145 Å². The average Bonchev–Trinajstić information content (AvgIpc) is 2.99. The zero-order chi connectivity index (χ0) is 17.6. The molecule has 6 heteroatoms. The van der Waals surface area contributed by atoms with Crippen molar-refractivity contribution in [2.75, 3.05) is 6.26 Å².